The summed E-state index contributed by atoms with van der Waals surface area (Å²) in [7, 11) is 0. The van der Waals surface area contributed by atoms with E-state index in [1.807, 2.05) is 0 Å². The Morgan fingerprint density at radius 2 is 2.00 bits per heavy atom. The number of fused-ring (bicyclic) bond motifs is 1. The standard InChI is InChI=1S/C14H10F2N2O2/c15-9-3-1-2-8(12(9)16)13(17)7-4-5-10-11(6-7)20-14(19)18-10/h1-6,13H,17H2,(H,18,19). The van der Waals surface area contributed by atoms with Crippen LogP contribution in [0.15, 0.2) is 45.6 Å². The summed E-state index contributed by atoms with van der Waals surface area (Å²) in [4.78, 5) is 13.6. The Morgan fingerprint density at radius 1 is 1.20 bits per heavy atom. The second-order valence-corrected chi connectivity index (χ2v) is 4.39. The molecule has 3 aromatic rings. The molecule has 1 heterocycles. The maximum absolute atomic E-state index is 13.7. The number of hydrogen-bond donors (Lipinski definition) is 2. The molecule has 102 valence electrons. The van der Waals surface area contributed by atoms with Crippen molar-refractivity contribution in [2.24, 2.45) is 5.73 Å². The van der Waals surface area contributed by atoms with Crippen LogP contribution in [0.1, 0.15) is 17.2 Å². The fourth-order valence-electron chi connectivity index (χ4n) is 2.10. The molecule has 4 nitrogen and oxygen atoms in total. The molecule has 1 atom stereocenters. The fraction of sp³-hybridized carbons (Fsp3) is 0.0714. The molecule has 2 aromatic carbocycles. The summed E-state index contributed by atoms with van der Waals surface area (Å²) in [6.45, 7) is 0. The van der Waals surface area contributed by atoms with Gasteiger partial charge in [0.15, 0.2) is 17.2 Å². The Kier molecular flexibility index (Phi) is 2.87. The van der Waals surface area contributed by atoms with Crippen LogP contribution in [-0.4, -0.2) is 4.98 Å². The quantitative estimate of drug-likeness (QED) is 0.755. The van der Waals surface area contributed by atoms with Gasteiger partial charge in [-0.2, -0.15) is 0 Å². The molecule has 0 saturated heterocycles. The van der Waals surface area contributed by atoms with E-state index in [0.29, 0.717) is 16.7 Å². The summed E-state index contributed by atoms with van der Waals surface area (Å²) >= 11 is 0. The van der Waals surface area contributed by atoms with Crippen LogP contribution in [0.2, 0.25) is 0 Å². The topological polar surface area (TPSA) is 72.0 Å². The first kappa shape index (κ1) is 12.6. The molecule has 0 bridgehead atoms. The maximum atomic E-state index is 13.7. The van der Waals surface area contributed by atoms with Gasteiger partial charge in [0.1, 0.15) is 0 Å². The van der Waals surface area contributed by atoms with E-state index in [0.717, 1.165) is 6.07 Å². The van der Waals surface area contributed by atoms with E-state index in [1.165, 1.54) is 18.2 Å². The van der Waals surface area contributed by atoms with Crippen molar-refractivity contribution in [3.8, 4) is 0 Å². The Morgan fingerprint density at radius 3 is 2.80 bits per heavy atom. The highest BCUT2D eigenvalue weighted by molar-refractivity contribution is 5.73. The van der Waals surface area contributed by atoms with Crippen molar-refractivity contribution in [1.82, 2.24) is 4.98 Å². The molecule has 0 aliphatic heterocycles. The average molecular weight is 276 g/mol. The van der Waals surface area contributed by atoms with E-state index < -0.39 is 23.4 Å². The van der Waals surface area contributed by atoms with Crippen LogP contribution in [0, 0.1) is 11.6 Å². The van der Waals surface area contributed by atoms with Gasteiger partial charge < -0.3 is 10.2 Å². The van der Waals surface area contributed by atoms with E-state index in [2.05, 4.69) is 4.98 Å². The van der Waals surface area contributed by atoms with Gasteiger partial charge in [0, 0.05) is 5.56 Å². The number of aromatic amines is 1. The Balaban J connectivity index is 2.09. The average Bonchev–Trinajstić information content (AvgIpc) is 2.80. The van der Waals surface area contributed by atoms with Gasteiger partial charge in [0.05, 0.1) is 11.6 Å². The number of aromatic nitrogens is 1. The van der Waals surface area contributed by atoms with E-state index >= 15 is 0 Å². The van der Waals surface area contributed by atoms with Crippen LogP contribution in [0.3, 0.4) is 0 Å². The molecule has 0 fully saturated rings. The van der Waals surface area contributed by atoms with Crippen molar-refractivity contribution in [2.45, 2.75) is 6.04 Å². The third-order valence-electron chi connectivity index (χ3n) is 3.12. The van der Waals surface area contributed by atoms with Gasteiger partial charge in [-0.15, -0.1) is 0 Å². The molecule has 6 heteroatoms. The van der Waals surface area contributed by atoms with Gasteiger partial charge in [-0.05, 0) is 23.8 Å². The smallest absolute Gasteiger partial charge is 0.408 e. The monoisotopic (exact) mass is 276 g/mol. The molecule has 1 unspecified atom stereocenters. The number of nitrogens with two attached hydrogens (primary N) is 1. The van der Waals surface area contributed by atoms with Crippen LogP contribution in [-0.2, 0) is 0 Å². The Hall–Kier alpha value is -2.47. The summed E-state index contributed by atoms with van der Waals surface area (Å²) in [5, 5.41) is 0. The first-order valence-electron chi connectivity index (χ1n) is 5.88. The van der Waals surface area contributed by atoms with E-state index in [9.17, 15) is 13.6 Å². The molecule has 1 aromatic heterocycles. The first-order chi connectivity index (χ1) is 9.56. The summed E-state index contributed by atoms with van der Waals surface area (Å²) in [5.74, 6) is -2.51. The molecular formula is C14H10F2N2O2. The Bertz CT molecular complexity index is 839. The van der Waals surface area contributed by atoms with Crippen molar-refractivity contribution >= 4 is 11.1 Å². The summed E-state index contributed by atoms with van der Waals surface area (Å²) < 4.78 is 31.9. The lowest BCUT2D eigenvalue weighted by Gasteiger charge is -2.13. The maximum Gasteiger partial charge on any atom is 0.417 e. The fourth-order valence-corrected chi connectivity index (χ4v) is 2.10. The minimum atomic E-state index is -0.976. The van der Waals surface area contributed by atoms with Crippen molar-refractivity contribution in [2.75, 3.05) is 0 Å². The zero-order chi connectivity index (χ0) is 14.3. The van der Waals surface area contributed by atoms with Crippen LogP contribution in [0.4, 0.5) is 8.78 Å². The number of hydrogen-bond acceptors (Lipinski definition) is 3. The van der Waals surface area contributed by atoms with Crippen molar-refractivity contribution in [1.29, 1.82) is 0 Å². The molecular weight excluding hydrogens is 266 g/mol. The van der Waals surface area contributed by atoms with Crippen molar-refractivity contribution < 1.29 is 13.2 Å². The Labute approximate surface area is 111 Å². The molecule has 20 heavy (non-hydrogen) atoms. The number of H-pyrrole nitrogens is 1. The second-order valence-electron chi connectivity index (χ2n) is 4.39. The molecule has 0 radical (unpaired) electrons. The van der Waals surface area contributed by atoms with Crippen LogP contribution < -0.4 is 11.5 Å². The lowest BCUT2D eigenvalue weighted by atomic mass is 9.99. The minimum Gasteiger partial charge on any atom is -0.408 e. The van der Waals surface area contributed by atoms with E-state index in [4.69, 9.17) is 10.2 Å². The third-order valence-corrected chi connectivity index (χ3v) is 3.12. The zero-order valence-electron chi connectivity index (χ0n) is 10.2. The number of rotatable bonds is 2. The highest BCUT2D eigenvalue weighted by atomic mass is 19.2. The van der Waals surface area contributed by atoms with Gasteiger partial charge in [-0.3, -0.25) is 4.98 Å². The first-order valence-corrected chi connectivity index (χ1v) is 5.88. The van der Waals surface area contributed by atoms with Gasteiger partial charge in [-0.25, -0.2) is 13.6 Å². The molecule has 0 aliphatic rings. The van der Waals surface area contributed by atoms with Gasteiger partial charge in [-0.1, -0.05) is 18.2 Å². The molecule has 0 amide bonds. The second kappa shape index (κ2) is 4.57. The van der Waals surface area contributed by atoms with Crippen LogP contribution in [0.5, 0.6) is 0 Å². The lowest BCUT2D eigenvalue weighted by Crippen LogP contribution is -2.14. The highest BCUT2D eigenvalue weighted by Gasteiger charge is 2.17. The predicted molar refractivity (Wildman–Crippen MR) is 69.2 cm³/mol. The highest BCUT2D eigenvalue weighted by Crippen LogP contribution is 2.25. The van der Waals surface area contributed by atoms with E-state index in [-0.39, 0.29) is 5.56 Å². The number of benzene rings is 2. The molecule has 3 rings (SSSR count). The molecule has 0 saturated carbocycles. The van der Waals surface area contributed by atoms with Crippen LogP contribution in [0.25, 0.3) is 11.1 Å². The van der Waals surface area contributed by atoms with Gasteiger partial charge in [0.25, 0.3) is 0 Å². The van der Waals surface area contributed by atoms with Crippen molar-refractivity contribution in [3.05, 3.63) is 69.7 Å². The molecule has 3 N–H and O–H groups in total. The van der Waals surface area contributed by atoms with E-state index in [1.54, 1.807) is 12.1 Å². The lowest BCUT2D eigenvalue weighted by molar-refractivity contribution is 0.494. The summed E-state index contributed by atoms with van der Waals surface area (Å²) in [5.41, 5.74) is 7.35. The molecule has 0 spiro atoms. The summed E-state index contributed by atoms with van der Waals surface area (Å²) in [6.07, 6.45) is 0. The number of nitrogens with one attached hydrogen (secondary N) is 1. The number of oxazole rings is 1. The van der Waals surface area contributed by atoms with Crippen LogP contribution >= 0.6 is 0 Å². The van der Waals surface area contributed by atoms with Gasteiger partial charge in [0.2, 0.25) is 0 Å². The third kappa shape index (κ3) is 2.00. The van der Waals surface area contributed by atoms with Crippen molar-refractivity contribution in [3.63, 3.8) is 0 Å². The predicted octanol–water partition coefficient (Wildman–Crippen LogP) is 2.45. The number of halogens is 2. The normalized spacial score (nSPS) is 12.8. The summed E-state index contributed by atoms with van der Waals surface area (Å²) in [6, 6.07) is 7.75. The minimum absolute atomic E-state index is 0.0437. The largest absolute Gasteiger partial charge is 0.417 e. The SMILES string of the molecule is NC(c1ccc2[nH]c(=O)oc2c1)c1cccc(F)c1F. The van der Waals surface area contributed by atoms with Gasteiger partial charge >= 0.3 is 5.76 Å². The zero-order valence-corrected chi connectivity index (χ0v) is 10.2. The molecule has 0 aliphatic carbocycles.